The molecular weight excluding hydrogens is 274 g/mol. The Kier molecular flexibility index (Phi) is 4.83. The van der Waals surface area contributed by atoms with Crippen LogP contribution in [-0.4, -0.2) is 33.4 Å². The fraction of sp³-hybridized carbons (Fsp3) is 0.588. The molecule has 0 saturated heterocycles. The summed E-state index contributed by atoms with van der Waals surface area (Å²) < 4.78 is 1.90. The van der Waals surface area contributed by atoms with Crippen LogP contribution in [0.3, 0.4) is 0 Å². The van der Waals surface area contributed by atoms with E-state index in [-0.39, 0.29) is 6.04 Å². The molecule has 2 N–H and O–H groups in total. The number of nitrogens with two attached hydrogens (primary N) is 1. The van der Waals surface area contributed by atoms with E-state index < -0.39 is 0 Å². The monoisotopic (exact) mass is 299 g/mol. The first-order valence-electron chi connectivity index (χ1n) is 8.41. The van der Waals surface area contributed by atoms with Crippen LogP contribution < -0.4 is 5.73 Å². The van der Waals surface area contributed by atoms with Crippen LogP contribution in [-0.2, 0) is 0 Å². The molecule has 1 aromatic carbocycles. The van der Waals surface area contributed by atoms with Crippen molar-refractivity contribution >= 4 is 16.9 Å². The summed E-state index contributed by atoms with van der Waals surface area (Å²) in [6.45, 7) is 2.78. The van der Waals surface area contributed by atoms with Crippen LogP contribution in [0.1, 0.15) is 45.4 Å². The minimum atomic E-state index is 0.215. The predicted molar refractivity (Wildman–Crippen MR) is 90.1 cm³/mol. The topological polar surface area (TPSA) is 69.1 Å². The highest BCUT2D eigenvalue weighted by atomic mass is 15.4. The molecule has 1 aliphatic carbocycles. The van der Waals surface area contributed by atoms with Crippen molar-refractivity contribution in [3.63, 3.8) is 0 Å². The maximum atomic E-state index is 6.01. The van der Waals surface area contributed by atoms with Gasteiger partial charge in [-0.25, -0.2) is 0 Å². The van der Waals surface area contributed by atoms with Gasteiger partial charge in [-0.1, -0.05) is 37.1 Å². The van der Waals surface area contributed by atoms with Crippen molar-refractivity contribution in [3.8, 4) is 0 Å². The normalized spacial score (nSPS) is 18.2. The maximum Gasteiger partial charge on any atom is 0.127 e. The average Bonchev–Trinajstić information content (AvgIpc) is 3.21. The Labute approximate surface area is 131 Å². The lowest BCUT2D eigenvalue weighted by atomic mass is 9.99. The van der Waals surface area contributed by atoms with Crippen LogP contribution in [0.5, 0.6) is 0 Å². The molecule has 1 unspecified atom stereocenters. The van der Waals surface area contributed by atoms with Crippen molar-refractivity contribution in [2.24, 2.45) is 16.6 Å². The summed E-state index contributed by atoms with van der Waals surface area (Å²) >= 11 is 0. The second kappa shape index (κ2) is 7.01. The van der Waals surface area contributed by atoms with Crippen LogP contribution in [0.25, 0.3) is 11.0 Å². The van der Waals surface area contributed by atoms with Gasteiger partial charge in [-0.15, -0.1) is 5.10 Å². The van der Waals surface area contributed by atoms with Gasteiger partial charge in [-0.05, 0) is 37.3 Å². The van der Waals surface area contributed by atoms with Crippen molar-refractivity contribution in [2.45, 2.75) is 51.5 Å². The fourth-order valence-corrected chi connectivity index (χ4v) is 3.39. The number of aromatic nitrogens is 3. The van der Waals surface area contributed by atoms with Gasteiger partial charge in [0.2, 0.25) is 0 Å². The standard InChI is InChI=1S/C17H25N5/c1-2-7-17(19-15(12-18)13-8-3-4-9-13)22-16-11-6-5-10-14(16)20-21-22/h5-6,10-11,13,15H,2-4,7-9,12,18H2,1H3. The van der Waals surface area contributed by atoms with E-state index in [1.165, 1.54) is 25.7 Å². The van der Waals surface area contributed by atoms with Gasteiger partial charge in [0.15, 0.2) is 0 Å². The molecule has 118 valence electrons. The zero-order valence-electron chi connectivity index (χ0n) is 13.3. The minimum absolute atomic E-state index is 0.215. The Bertz CT molecular complexity index is 639. The van der Waals surface area contributed by atoms with Crippen molar-refractivity contribution in [3.05, 3.63) is 24.3 Å². The van der Waals surface area contributed by atoms with Gasteiger partial charge in [0.05, 0.1) is 11.6 Å². The second-order valence-corrected chi connectivity index (χ2v) is 6.13. The lowest BCUT2D eigenvalue weighted by Crippen LogP contribution is -2.29. The number of nitrogens with zero attached hydrogens (tertiary/aromatic N) is 4. The van der Waals surface area contributed by atoms with Crippen molar-refractivity contribution in [1.29, 1.82) is 0 Å². The lowest BCUT2D eigenvalue weighted by molar-refractivity contribution is 0.438. The molecule has 5 nitrogen and oxygen atoms in total. The van der Waals surface area contributed by atoms with Gasteiger partial charge in [0.1, 0.15) is 11.4 Å². The van der Waals surface area contributed by atoms with Crippen molar-refractivity contribution < 1.29 is 0 Å². The number of hydrogen-bond acceptors (Lipinski definition) is 4. The number of fused-ring (bicyclic) bond motifs is 1. The Morgan fingerprint density at radius 1 is 1.36 bits per heavy atom. The van der Waals surface area contributed by atoms with E-state index in [1.54, 1.807) is 0 Å². The third kappa shape index (κ3) is 3.04. The van der Waals surface area contributed by atoms with Gasteiger partial charge in [0.25, 0.3) is 0 Å². The van der Waals surface area contributed by atoms with Gasteiger partial charge in [0, 0.05) is 13.0 Å². The lowest BCUT2D eigenvalue weighted by Gasteiger charge is -2.19. The first kappa shape index (κ1) is 15.2. The molecule has 0 spiro atoms. The maximum absolute atomic E-state index is 6.01. The molecule has 2 aromatic rings. The quantitative estimate of drug-likeness (QED) is 0.681. The Hall–Kier alpha value is -1.75. The molecule has 5 heteroatoms. The molecule has 0 bridgehead atoms. The molecular formula is C17H25N5. The zero-order valence-corrected chi connectivity index (χ0v) is 13.3. The minimum Gasteiger partial charge on any atom is -0.328 e. The van der Waals surface area contributed by atoms with Gasteiger partial charge >= 0.3 is 0 Å². The number of hydrogen-bond donors (Lipinski definition) is 1. The molecule has 0 radical (unpaired) electrons. The van der Waals surface area contributed by atoms with Crippen molar-refractivity contribution in [1.82, 2.24) is 15.0 Å². The Morgan fingerprint density at radius 2 is 2.14 bits per heavy atom. The summed E-state index contributed by atoms with van der Waals surface area (Å²) in [5.74, 6) is 1.63. The van der Waals surface area contributed by atoms with Crippen LogP contribution in [0.4, 0.5) is 0 Å². The highest BCUT2D eigenvalue weighted by molar-refractivity contribution is 5.92. The summed E-state index contributed by atoms with van der Waals surface area (Å²) in [6, 6.07) is 8.25. The Morgan fingerprint density at radius 3 is 2.86 bits per heavy atom. The summed E-state index contributed by atoms with van der Waals surface area (Å²) in [6.07, 6.45) is 7.06. The van der Waals surface area contributed by atoms with E-state index in [4.69, 9.17) is 10.7 Å². The molecule has 1 heterocycles. The predicted octanol–water partition coefficient (Wildman–Crippen LogP) is 3.00. The molecule has 1 saturated carbocycles. The second-order valence-electron chi connectivity index (χ2n) is 6.13. The van der Waals surface area contributed by atoms with Crippen LogP contribution in [0, 0.1) is 5.92 Å². The summed E-state index contributed by atoms with van der Waals surface area (Å²) in [4.78, 5) is 5.01. The van der Waals surface area contributed by atoms with Crippen LogP contribution >= 0.6 is 0 Å². The van der Waals surface area contributed by atoms with E-state index >= 15 is 0 Å². The zero-order chi connectivity index (χ0) is 15.4. The highest BCUT2D eigenvalue weighted by Crippen LogP contribution is 2.29. The third-order valence-electron chi connectivity index (χ3n) is 4.57. The summed E-state index contributed by atoms with van der Waals surface area (Å²) in [7, 11) is 0. The smallest absolute Gasteiger partial charge is 0.127 e. The van der Waals surface area contributed by atoms with E-state index in [9.17, 15) is 0 Å². The summed E-state index contributed by atoms with van der Waals surface area (Å²) in [5.41, 5.74) is 7.95. The summed E-state index contributed by atoms with van der Waals surface area (Å²) in [5, 5.41) is 8.58. The van der Waals surface area contributed by atoms with Gasteiger partial charge in [-0.3, -0.25) is 4.99 Å². The first-order chi connectivity index (χ1) is 10.8. The van der Waals surface area contributed by atoms with Crippen LogP contribution in [0.15, 0.2) is 29.3 Å². The SMILES string of the molecule is CCCC(=NC(CN)C1CCCC1)n1nnc2ccccc21. The average molecular weight is 299 g/mol. The molecule has 1 aliphatic rings. The number of aliphatic imine (C=N–C) groups is 1. The van der Waals surface area contributed by atoms with Gasteiger partial charge in [-0.2, -0.15) is 4.68 Å². The first-order valence-corrected chi connectivity index (χ1v) is 8.41. The van der Waals surface area contributed by atoms with E-state index in [0.717, 1.165) is 29.7 Å². The molecule has 1 fully saturated rings. The third-order valence-corrected chi connectivity index (χ3v) is 4.57. The van der Waals surface area contributed by atoms with Gasteiger partial charge < -0.3 is 5.73 Å². The van der Waals surface area contributed by atoms with E-state index in [2.05, 4.69) is 17.2 Å². The molecule has 1 aromatic heterocycles. The number of para-hydroxylation sites is 1. The van der Waals surface area contributed by atoms with E-state index in [1.807, 2.05) is 28.9 Å². The molecule has 1 atom stereocenters. The molecule has 0 aliphatic heterocycles. The number of benzene rings is 1. The van der Waals surface area contributed by atoms with E-state index in [0.29, 0.717) is 12.5 Å². The molecule has 0 amide bonds. The highest BCUT2D eigenvalue weighted by Gasteiger charge is 2.24. The van der Waals surface area contributed by atoms with Crippen LogP contribution in [0.2, 0.25) is 0 Å². The molecule has 22 heavy (non-hydrogen) atoms. The van der Waals surface area contributed by atoms with Crippen molar-refractivity contribution in [2.75, 3.05) is 6.54 Å². The molecule has 3 rings (SSSR count). The fourth-order valence-electron chi connectivity index (χ4n) is 3.39. The Balaban J connectivity index is 1.95. The number of rotatable bonds is 5. The largest absolute Gasteiger partial charge is 0.328 e.